The van der Waals surface area contributed by atoms with Gasteiger partial charge in [-0.3, -0.25) is 9.59 Å². The van der Waals surface area contributed by atoms with Crippen LogP contribution < -0.4 is 5.32 Å². The van der Waals surface area contributed by atoms with Crippen LogP contribution in [0.4, 0.5) is 18.3 Å². The first kappa shape index (κ1) is 24.2. The van der Waals surface area contributed by atoms with E-state index >= 15 is 0 Å². The summed E-state index contributed by atoms with van der Waals surface area (Å²) >= 11 is 1.08. The lowest BCUT2D eigenvalue weighted by Gasteiger charge is -2.27. The summed E-state index contributed by atoms with van der Waals surface area (Å²) in [7, 11) is 0. The maximum Gasteiger partial charge on any atom is 0.416 e. The van der Waals surface area contributed by atoms with Crippen LogP contribution in [0.25, 0.3) is 10.6 Å². The Morgan fingerprint density at radius 2 is 1.81 bits per heavy atom. The van der Waals surface area contributed by atoms with Gasteiger partial charge in [-0.15, -0.1) is 10.2 Å². The zero-order valence-corrected chi connectivity index (χ0v) is 18.9. The van der Waals surface area contributed by atoms with Crippen LogP contribution in [0.2, 0.25) is 0 Å². The monoisotopic (exact) mass is 468 g/mol. The first-order valence-corrected chi connectivity index (χ1v) is 11.5. The Kier molecular flexibility index (Phi) is 7.86. The highest BCUT2D eigenvalue weighted by molar-refractivity contribution is 7.18. The molecule has 0 saturated heterocycles. The average molecular weight is 469 g/mol. The van der Waals surface area contributed by atoms with E-state index < -0.39 is 11.7 Å². The standard InChI is InChI=1S/C22H27F3N4O2S/c1-14(2)13-29(20(31)16-5-3-4-6-16)12-11-18(30)26-21-28-27-19(32-21)15-7-9-17(10-8-15)22(23,24)25/h7-10,14,16H,3-6,11-13H2,1-2H3,(H,26,28,30). The molecule has 2 aromatic rings. The van der Waals surface area contributed by atoms with Gasteiger partial charge in [0.25, 0.3) is 0 Å². The van der Waals surface area contributed by atoms with Gasteiger partial charge in [0.05, 0.1) is 5.56 Å². The lowest BCUT2D eigenvalue weighted by atomic mass is 10.1. The van der Waals surface area contributed by atoms with E-state index in [9.17, 15) is 22.8 Å². The molecule has 0 radical (unpaired) electrons. The maximum atomic E-state index is 12.8. The van der Waals surface area contributed by atoms with Gasteiger partial charge in [0.2, 0.25) is 16.9 Å². The number of benzene rings is 1. The molecular formula is C22H27F3N4O2S. The number of hydrogen-bond donors (Lipinski definition) is 1. The molecule has 1 aliphatic carbocycles. The molecule has 0 unspecified atom stereocenters. The van der Waals surface area contributed by atoms with Crippen molar-refractivity contribution in [2.24, 2.45) is 11.8 Å². The average Bonchev–Trinajstić information content (AvgIpc) is 3.42. The van der Waals surface area contributed by atoms with E-state index in [1.165, 1.54) is 12.1 Å². The van der Waals surface area contributed by atoms with Crippen LogP contribution in [0.1, 0.15) is 51.5 Å². The van der Waals surface area contributed by atoms with Crippen LogP contribution in [-0.4, -0.2) is 40.0 Å². The van der Waals surface area contributed by atoms with Gasteiger partial charge in [-0.1, -0.05) is 50.2 Å². The third-order valence-electron chi connectivity index (χ3n) is 5.34. The molecule has 1 aromatic heterocycles. The predicted molar refractivity (Wildman–Crippen MR) is 117 cm³/mol. The molecule has 0 bridgehead atoms. The van der Waals surface area contributed by atoms with E-state index in [1.807, 2.05) is 13.8 Å². The summed E-state index contributed by atoms with van der Waals surface area (Å²) in [6, 6.07) is 4.63. The lowest BCUT2D eigenvalue weighted by molar-refractivity contribution is -0.138. The lowest BCUT2D eigenvalue weighted by Crippen LogP contribution is -2.39. The SMILES string of the molecule is CC(C)CN(CCC(=O)Nc1nnc(-c2ccc(C(F)(F)F)cc2)s1)C(=O)C1CCCC1. The molecule has 1 aromatic carbocycles. The van der Waals surface area contributed by atoms with Crippen LogP contribution in [0.5, 0.6) is 0 Å². The number of halogens is 3. The van der Waals surface area contributed by atoms with E-state index in [0.29, 0.717) is 29.6 Å². The number of alkyl halides is 3. The van der Waals surface area contributed by atoms with Gasteiger partial charge in [-0.25, -0.2) is 0 Å². The summed E-state index contributed by atoms with van der Waals surface area (Å²) in [6.07, 6.45) is -0.286. The molecule has 0 spiro atoms. The molecule has 2 amide bonds. The topological polar surface area (TPSA) is 75.2 Å². The molecule has 6 nitrogen and oxygen atoms in total. The van der Waals surface area contributed by atoms with Crippen LogP contribution in [-0.2, 0) is 15.8 Å². The zero-order chi connectivity index (χ0) is 23.3. The van der Waals surface area contributed by atoms with Gasteiger partial charge < -0.3 is 10.2 Å². The Bertz CT molecular complexity index is 922. The molecule has 0 aliphatic heterocycles. The van der Waals surface area contributed by atoms with Crippen molar-refractivity contribution in [1.82, 2.24) is 15.1 Å². The fourth-order valence-corrected chi connectivity index (χ4v) is 4.54. The molecule has 3 rings (SSSR count). The van der Waals surface area contributed by atoms with Gasteiger partial charge in [0, 0.05) is 31.0 Å². The minimum Gasteiger partial charge on any atom is -0.342 e. The highest BCUT2D eigenvalue weighted by Crippen LogP contribution is 2.32. The van der Waals surface area contributed by atoms with Crippen molar-refractivity contribution in [2.75, 3.05) is 18.4 Å². The highest BCUT2D eigenvalue weighted by atomic mass is 32.1. The highest BCUT2D eigenvalue weighted by Gasteiger charge is 2.30. The smallest absolute Gasteiger partial charge is 0.342 e. The summed E-state index contributed by atoms with van der Waals surface area (Å²) in [5.74, 6) is 0.210. The fraction of sp³-hybridized carbons (Fsp3) is 0.545. The van der Waals surface area contributed by atoms with Gasteiger partial charge in [0.15, 0.2) is 0 Å². The van der Waals surface area contributed by atoms with E-state index in [0.717, 1.165) is 49.2 Å². The van der Waals surface area contributed by atoms with Gasteiger partial charge in [0.1, 0.15) is 5.01 Å². The molecule has 1 saturated carbocycles. The molecule has 1 aliphatic rings. The zero-order valence-electron chi connectivity index (χ0n) is 18.1. The largest absolute Gasteiger partial charge is 0.416 e. The van der Waals surface area contributed by atoms with Crippen molar-refractivity contribution in [2.45, 2.75) is 52.1 Å². The number of anilines is 1. The van der Waals surface area contributed by atoms with Gasteiger partial charge >= 0.3 is 6.18 Å². The predicted octanol–water partition coefficient (Wildman–Crippen LogP) is 5.23. The fourth-order valence-electron chi connectivity index (χ4n) is 3.77. The van der Waals surface area contributed by atoms with Crippen molar-refractivity contribution in [1.29, 1.82) is 0 Å². The van der Waals surface area contributed by atoms with E-state index in [1.54, 1.807) is 4.90 Å². The molecule has 1 heterocycles. The van der Waals surface area contributed by atoms with Crippen LogP contribution in [0.15, 0.2) is 24.3 Å². The van der Waals surface area contributed by atoms with Crippen LogP contribution in [0.3, 0.4) is 0 Å². The molecule has 174 valence electrons. The summed E-state index contributed by atoms with van der Waals surface area (Å²) in [5.41, 5.74) is -0.251. The Balaban J connectivity index is 1.56. The molecule has 1 fully saturated rings. The number of carbonyl (C=O) groups excluding carboxylic acids is 2. The molecule has 32 heavy (non-hydrogen) atoms. The molecule has 1 N–H and O–H groups in total. The third kappa shape index (κ3) is 6.51. The Hall–Kier alpha value is -2.49. The minimum absolute atomic E-state index is 0.0614. The third-order valence-corrected chi connectivity index (χ3v) is 6.23. The summed E-state index contributed by atoms with van der Waals surface area (Å²) in [6.45, 7) is 5.03. The number of nitrogens with zero attached hydrogens (tertiary/aromatic N) is 3. The van der Waals surface area contributed by atoms with Crippen molar-refractivity contribution in [3.63, 3.8) is 0 Å². The number of rotatable bonds is 8. The second kappa shape index (κ2) is 10.4. The number of hydrogen-bond acceptors (Lipinski definition) is 5. The number of carbonyl (C=O) groups is 2. The first-order chi connectivity index (χ1) is 15.1. The van der Waals surface area contributed by atoms with E-state index in [-0.39, 0.29) is 29.3 Å². The van der Waals surface area contributed by atoms with Crippen molar-refractivity contribution in [3.8, 4) is 10.6 Å². The maximum absolute atomic E-state index is 12.8. The van der Waals surface area contributed by atoms with Crippen LogP contribution in [0, 0.1) is 11.8 Å². The minimum atomic E-state index is -4.40. The summed E-state index contributed by atoms with van der Waals surface area (Å²) in [4.78, 5) is 27.0. The van der Waals surface area contributed by atoms with Gasteiger partial charge in [-0.05, 0) is 30.9 Å². The second-order valence-electron chi connectivity index (χ2n) is 8.45. The summed E-state index contributed by atoms with van der Waals surface area (Å²) in [5, 5.41) is 11.2. The number of amides is 2. The Morgan fingerprint density at radius 3 is 2.41 bits per heavy atom. The van der Waals surface area contributed by atoms with E-state index in [4.69, 9.17) is 0 Å². The number of nitrogens with one attached hydrogen (secondary N) is 1. The second-order valence-corrected chi connectivity index (χ2v) is 9.42. The Labute approximate surface area is 189 Å². The molecule has 0 atom stereocenters. The first-order valence-electron chi connectivity index (χ1n) is 10.7. The van der Waals surface area contributed by atoms with Crippen molar-refractivity contribution in [3.05, 3.63) is 29.8 Å². The molecule has 10 heteroatoms. The van der Waals surface area contributed by atoms with Crippen LogP contribution >= 0.6 is 11.3 Å². The van der Waals surface area contributed by atoms with Gasteiger partial charge in [-0.2, -0.15) is 13.2 Å². The van der Waals surface area contributed by atoms with Crippen molar-refractivity contribution >= 4 is 28.3 Å². The summed E-state index contributed by atoms with van der Waals surface area (Å²) < 4.78 is 38.1. The Morgan fingerprint density at radius 1 is 1.16 bits per heavy atom. The quantitative estimate of drug-likeness (QED) is 0.576. The van der Waals surface area contributed by atoms with Crippen molar-refractivity contribution < 1.29 is 22.8 Å². The molecular weight excluding hydrogens is 441 g/mol. The normalized spacial score (nSPS) is 14.7. The number of aromatic nitrogens is 2. The van der Waals surface area contributed by atoms with E-state index in [2.05, 4.69) is 15.5 Å².